The average Bonchev–Trinajstić information content (AvgIpc) is 3.12. The maximum absolute atomic E-state index is 12.8. The first-order valence-electron chi connectivity index (χ1n) is 8.82. The summed E-state index contributed by atoms with van der Waals surface area (Å²) in [4.78, 5) is 32.3. The minimum absolute atomic E-state index is 0.196. The number of hydrogen-bond acceptors (Lipinski definition) is 4. The van der Waals surface area contributed by atoms with Gasteiger partial charge in [-0.2, -0.15) is 0 Å². The Labute approximate surface area is 153 Å². The van der Waals surface area contributed by atoms with Crippen LogP contribution >= 0.6 is 0 Å². The standard InChI is InChI=1S/C20H25N3O3/c1-12(2)18(24)16-17(14-11-21-15-8-6-5-7-13(14)15)23(10-9-22(3)4)20(26)19(16)25/h5-8,11-12,17,21,25H,9-10H2,1-4H3. The number of rotatable bonds is 6. The van der Waals surface area contributed by atoms with E-state index in [9.17, 15) is 14.7 Å². The molecule has 138 valence electrons. The summed E-state index contributed by atoms with van der Waals surface area (Å²) in [5, 5.41) is 11.4. The van der Waals surface area contributed by atoms with Gasteiger partial charge in [0.05, 0.1) is 11.6 Å². The van der Waals surface area contributed by atoms with Crippen molar-refractivity contribution in [3.05, 3.63) is 47.4 Å². The maximum Gasteiger partial charge on any atom is 0.290 e. The van der Waals surface area contributed by atoms with Gasteiger partial charge in [-0.25, -0.2) is 0 Å². The summed E-state index contributed by atoms with van der Waals surface area (Å²) in [5.74, 6) is -1.40. The molecule has 1 aromatic heterocycles. The van der Waals surface area contributed by atoms with Crippen LogP contribution in [0.25, 0.3) is 10.9 Å². The van der Waals surface area contributed by atoms with E-state index in [0.29, 0.717) is 13.1 Å². The Bertz CT molecular complexity index is 879. The summed E-state index contributed by atoms with van der Waals surface area (Å²) >= 11 is 0. The lowest BCUT2D eigenvalue weighted by Crippen LogP contribution is -2.36. The predicted octanol–water partition coefficient (Wildman–Crippen LogP) is 2.65. The topological polar surface area (TPSA) is 76.6 Å². The molecule has 1 aliphatic rings. The van der Waals surface area contributed by atoms with Crippen molar-refractivity contribution in [1.29, 1.82) is 0 Å². The molecule has 6 nitrogen and oxygen atoms in total. The number of aromatic amines is 1. The smallest absolute Gasteiger partial charge is 0.290 e. The van der Waals surface area contributed by atoms with E-state index in [-0.39, 0.29) is 17.3 Å². The van der Waals surface area contributed by atoms with E-state index in [1.807, 2.05) is 49.5 Å². The molecule has 1 amide bonds. The number of fused-ring (bicyclic) bond motifs is 1. The van der Waals surface area contributed by atoms with Crippen LogP contribution in [-0.2, 0) is 9.59 Å². The zero-order valence-electron chi connectivity index (χ0n) is 15.6. The molecule has 0 bridgehead atoms. The van der Waals surface area contributed by atoms with E-state index in [1.54, 1.807) is 18.7 Å². The number of carbonyl (C=O) groups is 2. The highest BCUT2D eigenvalue weighted by Crippen LogP contribution is 2.41. The molecule has 2 aromatic rings. The number of carbonyl (C=O) groups excluding carboxylic acids is 2. The second kappa shape index (κ2) is 6.96. The van der Waals surface area contributed by atoms with Crippen LogP contribution in [0.3, 0.4) is 0 Å². The van der Waals surface area contributed by atoms with Crippen LogP contribution in [0.4, 0.5) is 0 Å². The van der Waals surface area contributed by atoms with Gasteiger partial charge in [0, 0.05) is 41.7 Å². The highest BCUT2D eigenvalue weighted by molar-refractivity contribution is 6.10. The molecular formula is C20H25N3O3. The van der Waals surface area contributed by atoms with Gasteiger partial charge >= 0.3 is 0 Å². The van der Waals surface area contributed by atoms with Crippen molar-refractivity contribution < 1.29 is 14.7 Å². The normalized spacial score (nSPS) is 18.0. The Morgan fingerprint density at radius 1 is 1.31 bits per heavy atom. The summed E-state index contributed by atoms with van der Waals surface area (Å²) in [7, 11) is 3.85. The number of nitrogens with one attached hydrogen (secondary N) is 1. The Morgan fingerprint density at radius 3 is 2.65 bits per heavy atom. The second-order valence-corrected chi connectivity index (χ2v) is 7.28. The maximum atomic E-state index is 12.8. The largest absolute Gasteiger partial charge is 0.503 e. The lowest BCUT2D eigenvalue weighted by molar-refractivity contribution is -0.129. The van der Waals surface area contributed by atoms with Crippen molar-refractivity contribution in [3.63, 3.8) is 0 Å². The number of amides is 1. The minimum Gasteiger partial charge on any atom is -0.503 e. The van der Waals surface area contributed by atoms with Crippen molar-refractivity contribution in [2.45, 2.75) is 19.9 Å². The molecule has 0 aliphatic carbocycles. The zero-order valence-corrected chi connectivity index (χ0v) is 15.6. The van der Waals surface area contributed by atoms with E-state index < -0.39 is 17.7 Å². The Kier molecular flexibility index (Phi) is 4.87. The van der Waals surface area contributed by atoms with Crippen LogP contribution in [0.15, 0.2) is 41.8 Å². The summed E-state index contributed by atoms with van der Waals surface area (Å²) in [6.07, 6.45) is 1.83. The monoisotopic (exact) mass is 355 g/mol. The van der Waals surface area contributed by atoms with Crippen molar-refractivity contribution in [2.24, 2.45) is 5.92 Å². The molecule has 1 unspecified atom stereocenters. The molecule has 2 heterocycles. The first-order valence-corrected chi connectivity index (χ1v) is 8.82. The second-order valence-electron chi connectivity index (χ2n) is 7.28. The molecule has 1 aliphatic heterocycles. The molecule has 0 fully saturated rings. The number of ketones is 1. The van der Waals surface area contributed by atoms with E-state index >= 15 is 0 Å². The van der Waals surface area contributed by atoms with Crippen molar-refractivity contribution >= 4 is 22.6 Å². The number of aliphatic hydroxyl groups is 1. The Morgan fingerprint density at radius 2 is 2.00 bits per heavy atom. The third-order valence-corrected chi connectivity index (χ3v) is 4.80. The molecule has 26 heavy (non-hydrogen) atoms. The van der Waals surface area contributed by atoms with Crippen LogP contribution in [0, 0.1) is 5.92 Å². The van der Waals surface area contributed by atoms with Crippen LogP contribution in [0.1, 0.15) is 25.5 Å². The summed E-state index contributed by atoms with van der Waals surface area (Å²) in [6.45, 7) is 4.62. The van der Waals surface area contributed by atoms with Crippen molar-refractivity contribution in [3.8, 4) is 0 Å². The number of para-hydroxylation sites is 1. The van der Waals surface area contributed by atoms with E-state index in [2.05, 4.69) is 4.98 Å². The fourth-order valence-corrected chi connectivity index (χ4v) is 3.40. The van der Waals surface area contributed by atoms with Crippen LogP contribution < -0.4 is 0 Å². The number of aromatic nitrogens is 1. The number of hydrogen-bond donors (Lipinski definition) is 2. The number of Topliss-reactive ketones (excluding diaryl/α,β-unsaturated/α-hetero) is 1. The summed E-state index contributed by atoms with van der Waals surface area (Å²) in [6, 6.07) is 7.19. The molecule has 1 atom stereocenters. The lowest BCUT2D eigenvalue weighted by Gasteiger charge is -2.28. The molecule has 2 N–H and O–H groups in total. The molecular weight excluding hydrogens is 330 g/mol. The molecule has 0 saturated heterocycles. The fraction of sp³-hybridized carbons (Fsp3) is 0.400. The Hall–Kier alpha value is -2.60. The summed E-state index contributed by atoms with van der Waals surface area (Å²) in [5.41, 5.74) is 1.97. The van der Waals surface area contributed by atoms with E-state index in [0.717, 1.165) is 16.5 Å². The van der Waals surface area contributed by atoms with Crippen LogP contribution in [0.2, 0.25) is 0 Å². The first kappa shape index (κ1) is 18.2. The molecule has 0 radical (unpaired) electrons. The van der Waals surface area contributed by atoms with Gasteiger partial charge in [0.15, 0.2) is 11.5 Å². The number of H-pyrrole nitrogens is 1. The van der Waals surface area contributed by atoms with Gasteiger partial charge < -0.3 is 19.9 Å². The van der Waals surface area contributed by atoms with E-state index in [4.69, 9.17) is 0 Å². The zero-order chi connectivity index (χ0) is 19.0. The van der Waals surface area contributed by atoms with Gasteiger partial charge in [-0.3, -0.25) is 9.59 Å². The molecule has 3 rings (SSSR count). The molecule has 1 aromatic carbocycles. The Balaban J connectivity index is 2.13. The van der Waals surface area contributed by atoms with Gasteiger partial charge in [0.2, 0.25) is 0 Å². The fourth-order valence-electron chi connectivity index (χ4n) is 3.40. The van der Waals surface area contributed by atoms with Crippen LogP contribution in [0.5, 0.6) is 0 Å². The van der Waals surface area contributed by atoms with Gasteiger partial charge in [-0.15, -0.1) is 0 Å². The molecule has 0 spiro atoms. The van der Waals surface area contributed by atoms with Gasteiger partial charge in [-0.05, 0) is 20.2 Å². The number of aliphatic hydroxyl groups excluding tert-OH is 1. The first-order chi connectivity index (χ1) is 12.3. The molecule has 6 heteroatoms. The lowest BCUT2D eigenvalue weighted by atomic mass is 9.91. The average molecular weight is 355 g/mol. The number of likely N-dealkylation sites (N-methyl/N-ethyl adjacent to an activating group) is 1. The summed E-state index contributed by atoms with van der Waals surface area (Å²) < 4.78 is 0. The van der Waals surface area contributed by atoms with Gasteiger partial charge in [0.25, 0.3) is 5.91 Å². The third-order valence-electron chi connectivity index (χ3n) is 4.80. The van der Waals surface area contributed by atoms with Crippen molar-refractivity contribution in [2.75, 3.05) is 27.2 Å². The third kappa shape index (κ3) is 3.01. The SMILES string of the molecule is CC(C)C(=O)C1=C(O)C(=O)N(CCN(C)C)C1c1c[nH]c2ccccc12. The van der Waals surface area contributed by atoms with Gasteiger partial charge in [0.1, 0.15) is 0 Å². The van der Waals surface area contributed by atoms with E-state index in [1.165, 1.54) is 0 Å². The highest BCUT2D eigenvalue weighted by Gasteiger charge is 2.44. The highest BCUT2D eigenvalue weighted by atomic mass is 16.3. The molecule has 0 saturated carbocycles. The minimum atomic E-state index is -0.575. The number of nitrogens with zero attached hydrogens (tertiary/aromatic N) is 2. The van der Waals surface area contributed by atoms with Crippen molar-refractivity contribution in [1.82, 2.24) is 14.8 Å². The van der Waals surface area contributed by atoms with Crippen LogP contribution in [-0.4, -0.2) is 58.8 Å². The predicted molar refractivity (Wildman–Crippen MR) is 101 cm³/mol. The quantitative estimate of drug-likeness (QED) is 0.835. The van der Waals surface area contributed by atoms with Gasteiger partial charge in [-0.1, -0.05) is 32.0 Å². The number of benzene rings is 1.